The van der Waals surface area contributed by atoms with Crippen LogP contribution in [0.5, 0.6) is 0 Å². The molecule has 19 heavy (non-hydrogen) atoms. The van der Waals surface area contributed by atoms with Gasteiger partial charge in [-0.2, -0.15) is 4.98 Å². The van der Waals surface area contributed by atoms with Crippen molar-refractivity contribution in [1.29, 1.82) is 0 Å². The number of halogens is 1. The summed E-state index contributed by atoms with van der Waals surface area (Å²) in [4.78, 5) is 4.40. The topological polar surface area (TPSA) is 64.9 Å². The van der Waals surface area contributed by atoms with Crippen LogP contribution in [0.2, 0.25) is 0 Å². The van der Waals surface area contributed by atoms with Crippen molar-refractivity contribution < 1.29 is 4.52 Å². The summed E-state index contributed by atoms with van der Waals surface area (Å²) < 4.78 is 5.25. The lowest BCUT2D eigenvalue weighted by Gasteiger charge is -2.34. The molecule has 106 valence electrons. The Balaban J connectivity index is 0.00000133. The molecule has 5 heteroatoms. The molecular weight excluding hydrogens is 262 g/mol. The largest absolute Gasteiger partial charge is 0.335 e. The Morgan fingerprint density at radius 2 is 1.89 bits per heavy atom. The molecule has 3 rings (SSSR count). The molecule has 0 saturated heterocycles. The molecule has 0 atom stereocenters. The zero-order valence-corrected chi connectivity index (χ0v) is 12.0. The first-order valence-electron chi connectivity index (χ1n) is 7.08. The van der Waals surface area contributed by atoms with Gasteiger partial charge in [0.25, 0.3) is 0 Å². The molecule has 2 saturated carbocycles. The molecule has 2 aliphatic rings. The summed E-state index contributed by atoms with van der Waals surface area (Å²) in [5.74, 6) is 1.97. The maximum Gasteiger partial charge on any atom is 0.250 e. The quantitative estimate of drug-likeness (QED) is 0.923. The molecule has 4 nitrogen and oxygen atoms in total. The van der Waals surface area contributed by atoms with Crippen LogP contribution >= 0.6 is 12.4 Å². The van der Waals surface area contributed by atoms with Crippen molar-refractivity contribution in [3.8, 4) is 0 Å². The van der Waals surface area contributed by atoms with Gasteiger partial charge in [-0.05, 0) is 44.1 Å². The summed E-state index contributed by atoms with van der Waals surface area (Å²) in [6.07, 6.45) is 13.9. The van der Waals surface area contributed by atoms with E-state index in [-0.39, 0.29) is 17.9 Å². The van der Waals surface area contributed by atoms with E-state index in [1.165, 1.54) is 32.1 Å². The molecule has 0 aromatic carbocycles. The van der Waals surface area contributed by atoms with Gasteiger partial charge in [-0.3, -0.25) is 0 Å². The lowest BCUT2D eigenvalue weighted by molar-refractivity contribution is 0.229. The van der Waals surface area contributed by atoms with E-state index in [4.69, 9.17) is 10.3 Å². The van der Waals surface area contributed by atoms with Crippen molar-refractivity contribution in [3.63, 3.8) is 0 Å². The second kappa shape index (κ2) is 6.06. The molecule has 0 radical (unpaired) electrons. The molecule has 0 aliphatic heterocycles. The Morgan fingerprint density at radius 3 is 2.53 bits per heavy atom. The highest BCUT2D eigenvalue weighted by Crippen LogP contribution is 2.37. The highest BCUT2D eigenvalue weighted by atomic mass is 35.5. The van der Waals surface area contributed by atoms with E-state index in [1.807, 2.05) is 6.08 Å². The molecular formula is C14H22ClN3O. The fourth-order valence-electron chi connectivity index (χ4n) is 2.83. The molecule has 2 fully saturated rings. The number of nitrogens with two attached hydrogens (primary N) is 1. The van der Waals surface area contributed by atoms with Gasteiger partial charge in [0, 0.05) is 0 Å². The van der Waals surface area contributed by atoms with Gasteiger partial charge in [0.05, 0.1) is 5.54 Å². The highest BCUT2D eigenvalue weighted by Gasteiger charge is 2.38. The summed E-state index contributed by atoms with van der Waals surface area (Å²) in [5, 5.41) is 4.01. The maximum atomic E-state index is 6.17. The van der Waals surface area contributed by atoms with Crippen LogP contribution in [0.3, 0.4) is 0 Å². The van der Waals surface area contributed by atoms with Gasteiger partial charge in [0.1, 0.15) is 0 Å². The molecule has 0 amide bonds. The number of nitrogens with zero attached hydrogens (tertiary/aromatic N) is 2. The van der Waals surface area contributed by atoms with E-state index < -0.39 is 0 Å². The van der Waals surface area contributed by atoms with E-state index in [1.54, 1.807) is 0 Å². The third kappa shape index (κ3) is 3.18. The summed E-state index contributed by atoms with van der Waals surface area (Å²) >= 11 is 0. The standard InChI is InChI=1S/C14H21N3O.ClH/c15-14(9-4-10-14)13-16-12(18-17-13)8-7-11-5-2-1-3-6-11;/h7-8,11H,1-6,9-10,15H2;1H/b8-7+;. The van der Waals surface area contributed by atoms with Crippen molar-refractivity contribution in [3.05, 3.63) is 17.8 Å². The lowest BCUT2D eigenvalue weighted by atomic mass is 9.77. The fourth-order valence-corrected chi connectivity index (χ4v) is 2.83. The Labute approximate surface area is 120 Å². The van der Waals surface area contributed by atoms with E-state index in [0.717, 1.165) is 19.3 Å². The second-order valence-electron chi connectivity index (χ2n) is 5.72. The number of allylic oxidation sites excluding steroid dienone is 1. The summed E-state index contributed by atoms with van der Waals surface area (Å²) in [6.45, 7) is 0. The maximum absolute atomic E-state index is 6.17. The zero-order chi connectivity index (χ0) is 12.4. The number of rotatable bonds is 3. The average molecular weight is 284 g/mol. The highest BCUT2D eigenvalue weighted by molar-refractivity contribution is 5.85. The van der Waals surface area contributed by atoms with Gasteiger partial charge in [-0.1, -0.05) is 30.5 Å². The number of hydrogen-bond donors (Lipinski definition) is 1. The number of aromatic nitrogens is 2. The number of hydrogen-bond acceptors (Lipinski definition) is 4. The summed E-state index contributed by atoms with van der Waals surface area (Å²) in [7, 11) is 0. The second-order valence-corrected chi connectivity index (χ2v) is 5.72. The molecule has 1 aromatic heterocycles. The third-order valence-corrected chi connectivity index (χ3v) is 4.29. The van der Waals surface area contributed by atoms with Gasteiger partial charge in [-0.15, -0.1) is 12.4 Å². The first kappa shape index (κ1) is 14.5. The smallest absolute Gasteiger partial charge is 0.250 e. The van der Waals surface area contributed by atoms with Crippen LogP contribution in [-0.4, -0.2) is 10.1 Å². The van der Waals surface area contributed by atoms with Crippen molar-refractivity contribution in [2.45, 2.75) is 56.9 Å². The van der Waals surface area contributed by atoms with Crippen molar-refractivity contribution >= 4 is 18.5 Å². The molecule has 0 bridgehead atoms. The molecule has 0 spiro atoms. The van der Waals surface area contributed by atoms with E-state index in [0.29, 0.717) is 17.6 Å². The van der Waals surface area contributed by atoms with Gasteiger partial charge in [0.2, 0.25) is 5.89 Å². The van der Waals surface area contributed by atoms with Crippen LogP contribution in [0.25, 0.3) is 6.08 Å². The summed E-state index contributed by atoms with van der Waals surface area (Å²) in [5.41, 5.74) is 5.85. The fraction of sp³-hybridized carbons (Fsp3) is 0.714. The minimum Gasteiger partial charge on any atom is -0.335 e. The third-order valence-electron chi connectivity index (χ3n) is 4.29. The SMILES string of the molecule is Cl.NC1(c2noc(/C=C/C3CCCCC3)n2)CCC1. The lowest BCUT2D eigenvalue weighted by Crippen LogP contribution is -2.44. The minimum absolute atomic E-state index is 0. The predicted octanol–water partition coefficient (Wildman–Crippen LogP) is 3.42. The van der Waals surface area contributed by atoms with Crippen LogP contribution in [0, 0.1) is 5.92 Å². The molecule has 0 unspecified atom stereocenters. The van der Waals surface area contributed by atoms with Crippen molar-refractivity contribution in [2.24, 2.45) is 11.7 Å². The van der Waals surface area contributed by atoms with Crippen LogP contribution in [0.4, 0.5) is 0 Å². The Hall–Kier alpha value is -0.870. The van der Waals surface area contributed by atoms with E-state index in [2.05, 4.69) is 16.2 Å². The van der Waals surface area contributed by atoms with Crippen molar-refractivity contribution in [2.75, 3.05) is 0 Å². The summed E-state index contributed by atoms with van der Waals surface area (Å²) in [6, 6.07) is 0. The normalized spacial score (nSPS) is 23.0. The van der Waals surface area contributed by atoms with Crippen molar-refractivity contribution in [1.82, 2.24) is 10.1 Å². The van der Waals surface area contributed by atoms with Gasteiger partial charge >= 0.3 is 0 Å². The molecule has 2 N–H and O–H groups in total. The first-order chi connectivity index (χ1) is 8.76. The van der Waals surface area contributed by atoms with E-state index in [9.17, 15) is 0 Å². The Bertz CT molecular complexity index is 434. The van der Waals surface area contributed by atoms with E-state index >= 15 is 0 Å². The molecule has 1 aromatic rings. The van der Waals surface area contributed by atoms with Crippen LogP contribution < -0.4 is 5.73 Å². The average Bonchev–Trinajstić information content (AvgIpc) is 2.84. The first-order valence-corrected chi connectivity index (χ1v) is 7.08. The molecule has 1 heterocycles. The van der Waals surface area contributed by atoms with Gasteiger partial charge in [0.15, 0.2) is 5.82 Å². The minimum atomic E-state index is -0.319. The van der Waals surface area contributed by atoms with Gasteiger partial charge in [-0.25, -0.2) is 0 Å². The van der Waals surface area contributed by atoms with Crippen LogP contribution in [0.1, 0.15) is 63.1 Å². The Morgan fingerprint density at radius 1 is 1.16 bits per heavy atom. The zero-order valence-electron chi connectivity index (χ0n) is 11.2. The van der Waals surface area contributed by atoms with Crippen LogP contribution in [0.15, 0.2) is 10.6 Å². The predicted molar refractivity (Wildman–Crippen MR) is 76.9 cm³/mol. The van der Waals surface area contributed by atoms with Crippen LogP contribution in [-0.2, 0) is 5.54 Å². The van der Waals surface area contributed by atoms with Gasteiger partial charge < -0.3 is 10.3 Å². The monoisotopic (exact) mass is 283 g/mol. The Kier molecular flexibility index (Phi) is 4.63. The molecule has 2 aliphatic carbocycles.